The van der Waals surface area contributed by atoms with Crippen molar-refractivity contribution in [3.05, 3.63) is 108 Å². The smallest absolute Gasteiger partial charge is 0.0448 e. The highest BCUT2D eigenvalue weighted by Crippen LogP contribution is 2.51. The lowest BCUT2D eigenvalue weighted by atomic mass is 9.82. The predicted molar refractivity (Wildman–Crippen MR) is 143 cm³/mol. The number of nitrogens with zero attached hydrogens (tertiary/aromatic N) is 1. The maximum atomic E-state index is 2.51. The molecule has 0 bridgehead atoms. The minimum atomic E-state index is -0.0795. The lowest BCUT2D eigenvalue weighted by molar-refractivity contribution is 0.558. The van der Waals surface area contributed by atoms with Crippen LogP contribution in [0.25, 0.3) is 22.3 Å². The molecule has 0 spiro atoms. The van der Waals surface area contributed by atoms with Gasteiger partial charge in [0.1, 0.15) is 0 Å². The maximum absolute atomic E-state index is 2.51. The van der Waals surface area contributed by atoms with E-state index in [0.717, 1.165) is 0 Å². The normalized spacial score (nSPS) is 14.0. The molecule has 1 nitrogen and oxygen atoms in total. The van der Waals surface area contributed by atoms with Gasteiger partial charge in [-0.25, -0.2) is 0 Å². The molecule has 0 fully saturated rings. The Labute approximate surface area is 198 Å². The molecule has 0 atom stereocenters. The topological polar surface area (TPSA) is 3.24 Å². The van der Waals surface area contributed by atoms with Crippen LogP contribution in [-0.2, 0) is 5.41 Å². The lowest BCUT2D eigenvalue weighted by Crippen LogP contribution is -2.38. The summed E-state index contributed by atoms with van der Waals surface area (Å²) in [6.45, 7) is 13.9. The molecule has 4 aromatic carbocycles. The van der Waals surface area contributed by atoms with E-state index in [-0.39, 0.29) is 11.0 Å². The van der Waals surface area contributed by atoms with E-state index in [2.05, 4.69) is 137 Å². The highest BCUT2D eigenvalue weighted by atomic mass is 15.2. The Kier molecular flexibility index (Phi) is 4.97. The zero-order valence-electron chi connectivity index (χ0n) is 20.6. The van der Waals surface area contributed by atoms with Crippen molar-refractivity contribution in [1.82, 2.24) is 0 Å². The summed E-state index contributed by atoms with van der Waals surface area (Å²) in [6.07, 6.45) is 0. The average Bonchev–Trinajstić information content (AvgIpc) is 3.01. The highest BCUT2D eigenvalue weighted by molar-refractivity contribution is 5.85. The summed E-state index contributed by atoms with van der Waals surface area (Å²) in [7, 11) is 0. The molecule has 0 aromatic heterocycles. The quantitative estimate of drug-likeness (QED) is 0.313. The summed E-state index contributed by atoms with van der Waals surface area (Å²) in [5.74, 6) is 0. The van der Waals surface area contributed by atoms with E-state index in [9.17, 15) is 0 Å². The van der Waals surface area contributed by atoms with Gasteiger partial charge in [-0.2, -0.15) is 0 Å². The molecule has 0 aliphatic heterocycles. The first-order chi connectivity index (χ1) is 15.7. The van der Waals surface area contributed by atoms with Gasteiger partial charge in [-0.15, -0.1) is 0 Å². The number of anilines is 2. The van der Waals surface area contributed by atoms with Crippen molar-refractivity contribution in [1.29, 1.82) is 0 Å². The van der Waals surface area contributed by atoms with Gasteiger partial charge < -0.3 is 4.90 Å². The van der Waals surface area contributed by atoms with Crippen molar-refractivity contribution in [3.63, 3.8) is 0 Å². The van der Waals surface area contributed by atoms with E-state index in [1.807, 2.05) is 0 Å². The molecule has 0 radical (unpaired) electrons. The fraction of sp³-hybridized carbons (Fsp3) is 0.250. The minimum Gasteiger partial charge on any atom is -0.336 e. The van der Waals surface area contributed by atoms with Crippen LogP contribution in [0.4, 0.5) is 11.4 Å². The van der Waals surface area contributed by atoms with E-state index in [1.165, 1.54) is 50.3 Å². The summed E-state index contributed by atoms with van der Waals surface area (Å²) in [4.78, 5) is 2.51. The van der Waals surface area contributed by atoms with Crippen LogP contribution < -0.4 is 4.90 Å². The Balaban J connectivity index is 1.68. The third kappa shape index (κ3) is 3.56. The van der Waals surface area contributed by atoms with Gasteiger partial charge in [-0.3, -0.25) is 0 Å². The lowest BCUT2D eigenvalue weighted by Gasteiger charge is -2.40. The Bertz CT molecular complexity index is 1320. The van der Waals surface area contributed by atoms with Crippen molar-refractivity contribution in [2.45, 2.75) is 52.5 Å². The standard InChI is InChI=1S/C32H33N/c1-22-19-27-26-17-10-11-18-28(26)32(5,6)29(27)21-30(22)33(31(2,3)4)25-16-12-15-24(20-25)23-13-8-7-9-14-23/h7-21H,1-6H3. The average molecular weight is 432 g/mol. The number of hydrogen-bond acceptors (Lipinski definition) is 1. The van der Waals surface area contributed by atoms with Gasteiger partial charge in [0.05, 0.1) is 0 Å². The van der Waals surface area contributed by atoms with Gasteiger partial charge in [0.15, 0.2) is 0 Å². The SMILES string of the molecule is Cc1cc2c(cc1N(c1cccc(-c3ccccc3)c1)C(C)(C)C)C(C)(C)c1ccccc1-2. The number of benzene rings is 4. The van der Waals surface area contributed by atoms with Gasteiger partial charge in [0.25, 0.3) is 0 Å². The molecule has 0 N–H and O–H groups in total. The van der Waals surface area contributed by atoms with Crippen LogP contribution in [0.15, 0.2) is 91.0 Å². The summed E-state index contributed by atoms with van der Waals surface area (Å²) >= 11 is 0. The molecule has 1 aliphatic rings. The summed E-state index contributed by atoms with van der Waals surface area (Å²) in [6, 6.07) is 33.3. The van der Waals surface area contributed by atoms with Gasteiger partial charge in [0, 0.05) is 22.3 Å². The predicted octanol–water partition coefficient (Wildman–Crippen LogP) is 8.90. The van der Waals surface area contributed by atoms with Gasteiger partial charge in [-0.1, -0.05) is 80.6 Å². The first-order valence-electron chi connectivity index (χ1n) is 11.9. The highest BCUT2D eigenvalue weighted by Gasteiger charge is 2.37. The molecule has 5 rings (SSSR count). The Morgan fingerprint density at radius 2 is 1.30 bits per heavy atom. The van der Waals surface area contributed by atoms with Crippen LogP contribution >= 0.6 is 0 Å². The number of hydrogen-bond donors (Lipinski definition) is 0. The van der Waals surface area contributed by atoms with E-state index < -0.39 is 0 Å². The molecule has 0 saturated carbocycles. The summed E-state index contributed by atoms with van der Waals surface area (Å²) < 4.78 is 0. The van der Waals surface area contributed by atoms with Crippen molar-refractivity contribution < 1.29 is 0 Å². The van der Waals surface area contributed by atoms with Crippen LogP contribution in [0, 0.1) is 6.92 Å². The number of aryl methyl sites for hydroxylation is 1. The molecular formula is C32H33N. The van der Waals surface area contributed by atoms with Gasteiger partial charge in [-0.05, 0) is 90.9 Å². The second-order valence-corrected chi connectivity index (χ2v) is 10.8. The van der Waals surface area contributed by atoms with Crippen molar-refractivity contribution in [2.24, 2.45) is 0 Å². The second-order valence-electron chi connectivity index (χ2n) is 10.8. The van der Waals surface area contributed by atoms with Crippen molar-refractivity contribution in [3.8, 4) is 22.3 Å². The van der Waals surface area contributed by atoms with E-state index in [1.54, 1.807) is 0 Å². The molecule has 0 unspecified atom stereocenters. The third-order valence-corrected chi connectivity index (χ3v) is 7.02. The fourth-order valence-corrected chi connectivity index (χ4v) is 5.43. The van der Waals surface area contributed by atoms with Gasteiger partial charge in [0.2, 0.25) is 0 Å². The number of fused-ring (bicyclic) bond motifs is 3. The first kappa shape index (κ1) is 21.5. The Morgan fingerprint density at radius 1 is 0.636 bits per heavy atom. The zero-order chi connectivity index (χ0) is 23.4. The monoisotopic (exact) mass is 431 g/mol. The van der Waals surface area contributed by atoms with Crippen molar-refractivity contribution >= 4 is 11.4 Å². The summed E-state index contributed by atoms with van der Waals surface area (Å²) in [5, 5.41) is 0. The molecule has 1 heteroatoms. The fourth-order valence-electron chi connectivity index (χ4n) is 5.43. The number of rotatable bonds is 3. The molecule has 0 heterocycles. The van der Waals surface area contributed by atoms with Crippen molar-refractivity contribution in [2.75, 3.05) is 4.90 Å². The molecule has 1 aliphatic carbocycles. The third-order valence-electron chi connectivity index (χ3n) is 7.02. The maximum Gasteiger partial charge on any atom is 0.0448 e. The van der Waals surface area contributed by atoms with Crippen LogP contribution in [0.3, 0.4) is 0 Å². The molecule has 0 saturated heterocycles. The molecule has 166 valence electrons. The van der Waals surface area contributed by atoms with Crippen LogP contribution in [0.5, 0.6) is 0 Å². The van der Waals surface area contributed by atoms with E-state index in [4.69, 9.17) is 0 Å². The van der Waals surface area contributed by atoms with E-state index in [0.29, 0.717) is 0 Å². The van der Waals surface area contributed by atoms with Crippen LogP contribution in [-0.4, -0.2) is 5.54 Å². The molecule has 0 amide bonds. The largest absolute Gasteiger partial charge is 0.336 e. The molecule has 33 heavy (non-hydrogen) atoms. The zero-order valence-corrected chi connectivity index (χ0v) is 20.6. The van der Waals surface area contributed by atoms with Crippen LogP contribution in [0.2, 0.25) is 0 Å². The summed E-state index contributed by atoms with van der Waals surface area (Å²) in [5.41, 5.74) is 11.8. The second kappa shape index (κ2) is 7.63. The first-order valence-corrected chi connectivity index (χ1v) is 11.9. The Hall–Kier alpha value is -3.32. The van der Waals surface area contributed by atoms with Crippen LogP contribution in [0.1, 0.15) is 51.3 Å². The minimum absolute atomic E-state index is 0.0101. The molecular weight excluding hydrogens is 398 g/mol. The van der Waals surface area contributed by atoms with Gasteiger partial charge >= 0.3 is 0 Å². The molecule has 4 aromatic rings. The Morgan fingerprint density at radius 3 is 2.03 bits per heavy atom. The van der Waals surface area contributed by atoms with E-state index >= 15 is 0 Å².